The van der Waals surface area contributed by atoms with Crippen molar-refractivity contribution < 1.29 is 9.53 Å². The fourth-order valence-corrected chi connectivity index (χ4v) is 1.58. The zero-order valence-corrected chi connectivity index (χ0v) is 9.33. The van der Waals surface area contributed by atoms with E-state index in [9.17, 15) is 4.79 Å². The molecular formula is C14H8N2O2. The van der Waals surface area contributed by atoms with Crippen LogP contribution in [0.2, 0.25) is 0 Å². The molecule has 0 atom stereocenters. The van der Waals surface area contributed by atoms with Crippen molar-refractivity contribution in [1.29, 1.82) is 5.26 Å². The molecule has 0 aromatic heterocycles. The standard InChI is InChI=1S/C14H8N2O2/c15-9-18-14-6-4-11(5-7-14)12-2-1-3-13(8-12)16-10-17/h1-8H. The van der Waals surface area contributed by atoms with E-state index in [1.54, 1.807) is 30.5 Å². The van der Waals surface area contributed by atoms with E-state index in [1.807, 2.05) is 24.3 Å². The van der Waals surface area contributed by atoms with Crippen molar-refractivity contribution in [2.45, 2.75) is 0 Å². The first-order chi connectivity index (χ1) is 8.83. The van der Waals surface area contributed by atoms with Crippen LogP contribution < -0.4 is 4.74 Å². The SMILES string of the molecule is N#COc1ccc(-c2cccc(N=C=O)c2)cc1. The molecule has 2 rings (SSSR count). The van der Waals surface area contributed by atoms with Crippen molar-refractivity contribution in [3.63, 3.8) is 0 Å². The van der Waals surface area contributed by atoms with E-state index in [-0.39, 0.29) is 0 Å². The Kier molecular flexibility index (Phi) is 3.50. The molecule has 0 N–H and O–H groups in total. The molecule has 0 amide bonds. The minimum absolute atomic E-state index is 0.489. The topological polar surface area (TPSA) is 62.4 Å². The van der Waals surface area contributed by atoms with E-state index >= 15 is 0 Å². The van der Waals surface area contributed by atoms with Crippen molar-refractivity contribution in [2.24, 2.45) is 4.99 Å². The van der Waals surface area contributed by atoms with Crippen LogP contribution in [0.4, 0.5) is 5.69 Å². The minimum atomic E-state index is 0.489. The average Bonchev–Trinajstić information content (AvgIpc) is 2.41. The smallest absolute Gasteiger partial charge is 0.292 e. The van der Waals surface area contributed by atoms with Crippen LogP contribution in [0.5, 0.6) is 5.75 Å². The predicted molar refractivity (Wildman–Crippen MR) is 65.9 cm³/mol. The second-order valence-corrected chi connectivity index (χ2v) is 3.47. The van der Waals surface area contributed by atoms with Crippen molar-refractivity contribution >= 4 is 11.8 Å². The zero-order valence-electron chi connectivity index (χ0n) is 9.33. The van der Waals surface area contributed by atoms with Gasteiger partial charge in [0.25, 0.3) is 6.26 Å². The molecule has 18 heavy (non-hydrogen) atoms. The van der Waals surface area contributed by atoms with Crippen molar-refractivity contribution in [3.05, 3.63) is 48.5 Å². The van der Waals surface area contributed by atoms with Crippen molar-refractivity contribution in [2.75, 3.05) is 0 Å². The number of rotatable bonds is 3. The van der Waals surface area contributed by atoms with Gasteiger partial charge in [0.2, 0.25) is 6.08 Å². The summed E-state index contributed by atoms with van der Waals surface area (Å²) in [6.45, 7) is 0. The van der Waals surface area contributed by atoms with E-state index in [4.69, 9.17) is 10.00 Å². The fourth-order valence-electron chi connectivity index (χ4n) is 1.58. The van der Waals surface area contributed by atoms with Crippen LogP contribution in [0.1, 0.15) is 0 Å². The summed E-state index contributed by atoms with van der Waals surface area (Å²) in [6, 6.07) is 14.3. The Morgan fingerprint density at radius 3 is 2.50 bits per heavy atom. The maximum Gasteiger partial charge on any atom is 0.292 e. The van der Waals surface area contributed by atoms with Gasteiger partial charge in [0.05, 0.1) is 5.69 Å². The Bertz CT molecular complexity index is 636. The molecule has 0 saturated heterocycles. The monoisotopic (exact) mass is 236 g/mol. The highest BCUT2D eigenvalue weighted by Crippen LogP contribution is 2.25. The number of hydrogen-bond acceptors (Lipinski definition) is 4. The lowest BCUT2D eigenvalue weighted by Gasteiger charge is -2.03. The molecule has 0 aliphatic rings. The molecule has 0 radical (unpaired) electrons. The first-order valence-electron chi connectivity index (χ1n) is 5.18. The van der Waals surface area contributed by atoms with E-state index in [1.165, 1.54) is 6.08 Å². The molecule has 2 aromatic rings. The van der Waals surface area contributed by atoms with Gasteiger partial charge in [-0.1, -0.05) is 24.3 Å². The molecule has 4 nitrogen and oxygen atoms in total. The summed E-state index contributed by atoms with van der Waals surface area (Å²) in [4.78, 5) is 13.8. The Labute approximate surface area is 104 Å². The third-order valence-electron chi connectivity index (χ3n) is 2.37. The van der Waals surface area contributed by atoms with Crippen LogP contribution in [0, 0.1) is 11.5 Å². The summed E-state index contributed by atoms with van der Waals surface area (Å²) in [7, 11) is 0. The highest BCUT2D eigenvalue weighted by molar-refractivity contribution is 5.68. The highest BCUT2D eigenvalue weighted by atomic mass is 16.5. The van der Waals surface area contributed by atoms with Crippen LogP contribution >= 0.6 is 0 Å². The third kappa shape index (κ3) is 2.62. The van der Waals surface area contributed by atoms with Gasteiger partial charge in [-0.05, 0) is 35.4 Å². The molecular weight excluding hydrogens is 228 g/mol. The summed E-state index contributed by atoms with van der Waals surface area (Å²) in [5.74, 6) is 0.489. The average molecular weight is 236 g/mol. The number of nitriles is 1. The Morgan fingerprint density at radius 2 is 1.83 bits per heavy atom. The molecule has 86 valence electrons. The normalized spacial score (nSPS) is 9.06. The van der Waals surface area contributed by atoms with Crippen LogP contribution in [0.3, 0.4) is 0 Å². The minimum Gasteiger partial charge on any atom is -0.388 e. The van der Waals surface area contributed by atoms with Crippen LogP contribution in [-0.4, -0.2) is 6.08 Å². The zero-order chi connectivity index (χ0) is 12.8. The van der Waals surface area contributed by atoms with Gasteiger partial charge in [0.1, 0.15) is 5.75 Å². The summed E-state index contributed by atoms with van der Waals surface area (Å²) in [5, 5.41) is 8.38. The van der Waals surface area contributed by atoms with Gasteiger partial charge < -0.3 is 4.74 Å². The molecule has 4 heteroatoms. The summed E-state index contributed by atoms with van der Waals surface area (Å²) in [5.41, 5.74) is 2.43. The molecule has 0 fully saturated rings. The number of benzene rings is 2. The largest absolute Gasteiger partial charge is 0.388 e. The van der Waals surface area contributed by atoms with Crippen molar-refractivity contribution in [1.82, 2.24) is 0 Å². The van der Waals surface area contributed by atoms with Gasteiger partial charge in [0, 0.05) is 0 Å². The third-order valence-corrected chi connectivity index (χ3v) is 2.37. The lowest BCUT2D eigenvalue weighted by Crippen LogP contribution is -1.82. The van der Waals surface area contributed by atoms with E-state index in [2.05, 4.69) is 4.99 Å². The van der Waals surface area contributed by atoms with E-state index < -0.39 is 0 Å². The molecule has 0 spiro atoms. The number of carbonyl (C=O) groups excluding carboxylic acids is 1. The van der Waals surface area contributed by atoms with Gasteiger partial charge in [-0.25, -0.2) is 4.79 Å². The fraction of sp³-hybridized carbons (Fsp3) is 0. The van der Waals surface area contributed by atoms with Crippen LogP contribution in [0.15, 0.2) is 53.5 Å². The number of isocyanates is 1. The molecule has 0 heterocycles. The molecule has 2 aromatic carbocycles. The maximum atomic E-state index is 10.2. The van der Waals surface area contributed by atoms with Gasteiger partial charge in [0.15, 0.2) is 0 Å². The second kappa shape index (κ2) is 5.44. The summed E-state index contributed by atoms with van der Waals surface area (Å²) >= 11 is 0. The number of ether oxygens (including phenoxy) is 1. The highest BCUT2D eigenvalue weighted by Gasteiger charge is 2.00. The number of aliphatic imine (C=N–C) groups is 1. The second-order valence-electron chi connectivity index (χ2n) is 3.47. The molecule has 0 aliphatic heterocycles. The number of hydrogen-bond donors (Lipinski definition) is 0. The van der Waals surface area contributed by atoms with Gasteiger partial charge in [-0.3, -0.25) is 0 Å². The van der Waals surface area contributed by atoms with E-state index in [0.717, 1.165) is 11.1 Å². The molecule has 0 bridgehead atoms. The summed E-state index contributed by atoms with van der Waals surface area (Å²) in [6.07, 6.45) is 3.12. The van der Waals surface area contributed by atoms with Gasteiger partial charge >= 0.3 is 0 Å². The molecule has 0 unspecified atom stereocenters. The van der Waals surface area contributed by atoms with Gasteiger partial charge in [-0.2, -0.15) is 4.99 Å². The Hall–Kier alpha value is -2.89. The molecule has 0 aliphatic carbocycles. The first-order valence-corrected chi connectivity index (χ1v) is 5.18. The quantitative estimate of drug-likeness (QED) is 0.467. The van der Waals surface area contributed by atoms with Gasteiger partial charge in [-0.15, -0.1) is 5.26 Å². The maximum absolute atomic E-state index is 10.2. The number of nitrogens with zero attached hydrogens (tertiary/aromatic N) is 2. The summed E-state index contributed by atoms with van der Waals surface area (Å²) < 4.78 is 4.69. The van der Waals surface area contributed by atoms with E-state index in [0.29, 0.717) is 11.4 Å². The van der Waals surface area contributed by atoms with Crippen LogP contribution in [0.25, 0.3) is 11.1 Å². The lowest BCUT2D eigenvalue weighted by molar-refractivity contribution is 0.507. The Morgan fingerprint density at radius 1 is 1.06 bits per heavy atom. The predicted octanol–water partition coefficient (Wildman–Crippen LogP) is 3.18. The lowest BCUT2D eigenvalue weighted by atomic mass is 10.1. The van der Waals surface area contributed by atoms with Crippen molar-refractivity contribution in [3.8, 4) is 23.1 Å². The first kappa shape index (κ1) is 11.6. The molecule has 0 saturated carbocycles. The Balaban J connectivity index is 2.33. The van der Waals surface area contributed by atoms with Crippen LogP contribution in [-0.2, 0) is 4.79 Å².